The van der Waals surface area contributed by atoms with Gasteiger partial charge in [-0.15, -0.1) is 0 Å². The lowest BCUT2D eigenvalue weighted by molar-refractivity contribution is -0.0582. The van der Waals surface area contributed by atoms with Gasteiger partial charge in [-0.2, -0.15) is 0 Å². The number of rotatable bonds is 4. The number of benzene rings is 2. The molecule has 142 valence electrons. The molecule has 1 fully saturated rings. The molecule has 0 atom stereocenters. The van der Waals surface area contributed by atoms with Crippen LogP contribution in [-0.4, -0.2) is 12.0 Å². The van der Waals surface area contributed by atoms with Crippen LogP contribution in [0.5, 0.6) is 5.75 Å². The summed E-state index contributed by atoms with van der Waals surface area (Å²) in [6.07, 6.45) is 1.26. The summed E-state index contributed by atoms with van der Waals surface area (Å²) in [5, 5.41) is 1.57. The van der Waals surface area contributed by atoms with E-state index in [1.54, 1.807) is 0 Å². The van der Waals surface area contributed by atoms with Crippen LogP contribution in [0.2, 0.25) is 5.02 Å². The predicted octanol–water partition coefficient (Wildman–Crippen LogP) is 7.27. The van der Waals surface area contributed by atoms with Crippen LogP contribution in [0.4, 0.5) is 8.78 Å². The Bertz CT molecular complexity index is 937. The highest BCUT2D eigenvalue weighted by Crippen LogP contribution is 2.36. The lowest BCUT2D eigenvalue weighted by Gasteiger charge is -2.28. The highest BCUT2D eigenvalue weighted by atomic mass is 35.5. The molecule has 1 saturated carbocycles. The third-order valence-electron chi connectivity index (χ3n) is 5.12. The van der Waals surface area contributed by atoms with E-state index < -0.39 is 5.92 Å². The summed E-state index contributed by atoms with van der Waals surface area (Å²) in [7, 11) is 0. The zero-order valence-electron chi connectivity index (χ0n) is 15.1. The van der Waals surface area contributed by atoms with Crippen LogP contribution in [0.1, 0.15) is 38.4 Å². The minimum absolute atomic E-state index is 0.0985. The van der Waals surface area contributed by atoms with Gasteiger partial charge in [0.05, 0.1) is 11.1 Å². The molecule has 1 heterocycles. The Morgan fingerprint density at radius 1 is 1.07 bits per heavy atom. The molecular formula is C22H21ClF2O2. The average Bonchev–Trinajstić information content (AvgIpc) is 3.08. The highest BCUT2D eigenvalue weighted by Gasteiger charge is 2.35. The first-order valence-electron chi connectivity index (χ1n) is 9.30. The maximum Gasteiger partial charge on any atom is 0.248 e. The molecule has 1 aromatic heterocycles. The van der Waals surface area contributed by atoms with Crippen molar-refractivity contribution in [2.24, 2.45) is 0 Å². The molecule has 5 heteroatoms. The van der Waals surface area contributed by atoms with Crippen molar-refractivity contribution < 1.29 is 17.9 Å². The lowest BCUT2D eigenvalue weighted by Crippen LogP contribution is -2.30. The van der Waals surface area contributed by atoms with Gasteiger partial charge in [0.15, 0.2) is 5.58 Å². The Hall–Kier alpha value is -2.07. The highest BCUT2D eigenvalue weighted by molar-refractivity contribution is 6.35. The van der Waals surface area contributed by atoms with E-state index in [0.29, 0.717) is 29.2 Å². The number of ether oxygens (including phenoxy) is 1. The molecule has 2 aromatic carbocycles. The Balaban J connectivity index is 1.51. The monoisotopic (exact) mass is 390 g/mol. The van der Waals surface area contributed by atoms with Gasteiger partial charge in [-0.05, 0) is 54.3 Å². The molecule has 0 N–H and O–H groups in total. The van der Waals surface area contributed by atoms with Crippen LogP contribution in [0.15, 0.2) is 46.9 Å². The van der Waals surface area contributed by atoms with Crippen LogP contribution in [0.25, 0.3) is 22.1 Å². The molecule has 4 rings (SSSR count). The summed E-state index contributed by atoms with van der Waals surface area (Å²) in [6.45, 7) is 2.04. The number of hydrogen-bond acceptors (Lipinski definition) is 2. The van der Waals surface area contributed by atoms with Crippen LogP contribution in [0.3, 0.4) is 0 Å². The molecule has 0 aliphatic heterocycles. The molecule has 0 unspecified atom stereocenters. The molecule has 1 aliphatic rings. The zero-order chi connectivity index (χ0) is 19.0. The van der Waals surface area contributed by atoms with Crippen LogP contribution < -0.4 is 4.74 Å². The fraction of sp³-hybridized carbons (Fsp3) is 0.364. The van der Waals surface area contributed by atoms with Crippen molar-refractivity contribution in [1.82, 2.24) is 0 Å². The van der Waals surface area contributed by atoms with Gasteiger partial charge in [0.2, 0.25) is 5.92 Å². The van der Waals surface area contributed by atoms with E-state index in [1.165, 1.54) is 0 Å². The fourth-order valence-electron chi connectivity index (χ4n) is 3.55. The van der Waals surface area contributed by atoms with E-state index in [-0.39, 0.29) is 18.9 Å². The van der Waals surface area contributed by atoms with Gasteiger partial charge in [-0.25, -0.2) is 8.78 Å². The summed E-state index contributed by atoms with van der Waals surface area (Å²) in [5.74, 6) is -0.921. The van der Waals surface area contributed by atoms with E-state index in [9.17, 15) is 8.78 Å². The molecule has 27 heavy (non-hydrogen) atoms. The molecule has 0 spiro atoms. The summed E-state index contributed by atoms with van der Waals surface area (Å²) in [4.78, 5) is 0. The second-order valence-corrected chi connectivity index (χ2v) is 7.55. The number of aryl methyl sites for hydroxylation is 1. The second-order valence-electron chi connectivity index (χ2n) is 7.14. The molecule has 0 amide bonds. The zero-order valence-corrected chi connectivity index (χ0v) is 15.9. The number of halogens is 3. The van der Waals surface area contributed by atoms with Crippen molar-refractivity contribution in [2.45, 2.75) is 51.1 Å². The van der Waals surface area contributed by atoms with Crippen molar-refractivity contribution >= 4 is 22.6 Å². The van der Waals surface area contributed by atoms with Crippen LogP contribution in [0, 0.1) is 0 Å². The molecule has 1 aliphatic carbocycles. The smallest absolute Gasteiger partial charge is 0.248 e. The van der Waals surface area contributed by atoms with Crippen molar-refractivity contribution in [3.63, 3.8) is 0 Å². The Labute approximate surface area is 162 Å². The minimum Gasteiger partial charge on any atom is -0.490 e. The van der Waals surface area contributed by atoms with Gasteiger partial charge in [0.1, 0.15) is 11.5 Å². The van der Waals surface area contributed by atoms with Crippen molar-refractivity contribution in [3.8, 4) is 16.9 Å². The molecule has 2 nitrogen and oxygen atoms in total. The molecule has 3 aromatic rings. The quantitative estimate of drug-likeness (QED) is 0.467. The molecular weight excluding hydrogens is 370 g/mol. The fourth-order valence-corrected chi connectivity index (χ4v) is 3.82. The number of alkyl halides is 2. The molecule has 0 saturated heterocycles. The lowest BCUT2D eigenvalue weighted by atomic mass is 9.94. The minimum atomic E-state index is -2.54. The normalized spacial score (nSPS) is 17.3. The van der Waals surface area contributed by atoms with Gasteiger partial charge in [0.25, 0.3) is 0 Å². The van der Waals surface area contributed by atoms with Gasteiger partial charge in [-0.3, -0.25) is 0 Å². The number of fused-ring (bicyclic) bond motifs is 1. The van der Waals surface area contributed by atoms with Crippen molar-refractivity contribution in [2.75, 3.05) is 0 Å². The van der Waals surface area contributed by atoms with Gasteiger partial charge in [-0.1, -0.05) is 30.7 Å². The Morgan fingerprint density at radius 3 is 2.44 bits per heavy atom. The van der Waals surface area contributed by atoms with Gasteiger partial charge >= 0.3 is 0 Å². The SMILES string of the molecule is CCc1cc2cc(-c3ccc(OC4CCC(F)(F)CC4)cc3)cc(Cl)c2o1. The topological polar surface area (TPSA) is 22.4 Å². The summed E-state index contributed by atoms with van der Waals surface area (Å²) < 4.78 is 38.1. The third-order valence-corrected chi connectivity index (χ3v) is 5.41. The van der Waals surface area contributed by atoms with Gasteiger partial charge in [0, 0.05) is 24.6 Å². The van der Waals surface area contributed by atoms with E-state index in [4.69, 9.17) is 20.8 Å². The maximum absolute atomic E-state index is 13.3. The second kappa shape index (κ2) is 7.16. The van der Waals surface area contributed by atoms with E-state index in [2.05, 4.69) is 6.07 Å². The summed E-state index contributed by atoms with van der Waals surface area (Å²) >= 11 is 6.39. The standard InChI is InChI=1S/C22H21ClF2O2/c1-2-17-12-16-11-15(13-20(23)21(16)27-17)14-3-5-18(6-4-14)26-19-7-9-22(24,25)10-8-19/h3-6,11-13,19H,2,7-10H2,1H3. The Kier molecular flexibility index (Phi) is 4.85. The average molecular weight is 391 g/mol. The van der Waals surface area contributed by atoms with Crippen molar-refractivity contribution in [1.29, 1.82) is 0 Å². The van der Waals surface area contributed by atoms with Crippen LogP contribution in [-0.2, 0) is 6.42 Å². The maximum atomic E-state index is 13.3. The van der Waals surface area contributed by atoms with E-state index in [1.807, 2.05) is 43.3 Å². The van der Waals surface area contributed by atoms with Crippen LogP contribution >= 0.6 is 11.6 Å². The molecule has 0 radical (unpaired) electrons. The summed E-state index contributed by atoms with van der Waals surface area (Å²) in [6, 6.07) is 13.7. The third kappa shape index (κ3) is 3.96. The Morgan fingerprint density at radius 2 is 1.78 bits per heavy atom. The first kappa shape index (κ1) is 18.3. The summed E-state index contributed by atoms with van der Waals surface area (Å²) in [5.41, 5.74) is 2.73. The van der Waals surface area contributed by atoms with Gasteiger partial charge < -0.3 is 9.15 Å². The number of furan rings is 1. The predicted molar refractivity (Wildman–Crippen MR) is 104 cm³/mol. The van der Waals surface area contributed by atoms with E-state index in [0.717, 1.165) is 28.7 Å². The molecule has 0 bridgehead atoms. The first-order chi connectivity index (χ1) is 12.9. The van der Waals surface area contributed by atoms with E-state index >= 15 is 0 Å². The number of hydrogen-bond donors (Lipinski definition) is 0. The first-order valence-corrected chi connectivity index (χ1v) is 9.68. The van der Waals surface area contributed by atoms with Crippen molar-refractivity contribution in [3.05, 3.63) is 53.2 Å². The largest absolute Gasteiger partial charge is 0.490 e.